The molecule has 1 aliphatic heterocycles. The van der Waals surface area contributed by atoms with Gasteiger partial charge in [-0.15, -0.1) is 0 Å². The Balaban J connectivity index is 1.37. The summed E-state index contributed by atoms with van der Waals surface area (Å²) in [5, 5.41) is 23.4. The topological polar surface area (TPSA) is 107 Å². The van der Waals surface area contributed by atoms with Crippen LogP contribution in [0.25, 0.3) is 27.4 Å². The van der Waals surface area contributed by atoms with Crippen molar-refractivity contribution in [3.05, 3.63) is 76.6 Å². The number of nitro benzene ring substituents is 1. The maximum atomic E-state index is 11.0. The van der Waals surface area contributed by atoms with Crippen LogP contribution in [0, 0.1) is 10.1 Å². The van der Waals surface area contributed by atoms with E-state index in [4.69, 9.17) is 4.74 Å². The van der Waals surface area contributed by atoms with Gasteiger partial charge in [0, 0.05) is 59.5 Å². The normalized spacial score (nSPS) is 16.8. The first kappa shape index (κ1) is 20.3. The maximum Gasteiger partial charge on any atom is 0.271 e. The number of aliphatic hydroxyl groups excluding tert-OH is 1. The SMILES string of the molecule is CC(O)C(Oc1cccc2[nH]ccc12)N1CC=C(c2c[nH]c3cc([N+](=O)[O-])ccc23)CC1. The van der Waals surface area contributed by atoms with Crippen LogP contribution < -0.4 is 4.74 Å². The molecule has 0 radical (unpaired) electrons. The van der Waals surface area contributed by atoms with Crippen LogP contribution in [0.15, 0.2) is 60.9 Å². The van der Waals surface area contributed by atoms with Crippen LogP contribution in [0.5, 0.6) is 5.75 Å². The molecule has 2 atom stereocenters. The number of nitrogens with one attached hydrogen (secondary N) is 2. The van der Waals surface area contributed by atoms with Crippen molar-refractivity contribution in [1.82, 2.24) is 14.9 Å². The summed E-state index contributed by atoms with van der Waals surface area (Å²) in [4.78, 5) is 19.1. The minimum atomic E-state index is -0.673. The fourth-order valence-electron chi connectivity index (χ4n) is 4.42. The monoisotopic (exact) mass is 432 g/mol. The quantitative estimate of drug-likeness (QED) is 0.309. The third-order valence-electron chi connectivity index (χ3n) is 6.04. The molecule has 2 aromatic heterocycles. The van der Waals surface area contributed by atoms with Crippen LogP contribution >= 0.6 is 0 Å². The van der Waals surface area contributed by atoms with E-state index in [0.717, 1.165) is 46.1 Å². The molecule has 3 N–H and O–H groups in total. The van der Waals surface area contributed by atoms with Crippen molar-refractivity contribution in [2.45, 2.75) is 25.7 Å². The number of aliphatic hydroxyl groups is 1. The molecule has 0 bridgehead atoms. The lowest BCUT2D eigenvalue weighted by Gasteiger charge is -2.35. The number of hydrogen-bond donors (Lipinski definition) is 3. The van der Waals surface area contributed by atoms with Crippen molar-refractivity contribution < 1.29 is 14.8 Å². The molecule has 1 aliphatic rings. The summed E-state index contributed by atoms with van der Waals surface area (Å²) in [6, 6.07) is 12.7. The molecule has 0 aliphatic carbocycles. The molecule has 0 saturated heterocycles. The Morgan fingerprint density at radius 2 is 2.03 bits per heavy atom. The Morgan fingerprint density at radius 1 is 1.16 bits per heavy atom. The van der Waals surface area contributed by atoms with Crippen LogP contribution in [0.1, 0.15) is 18.9 Å². The van der Waals surface area contributed by atoms with Crippen LogP contribution in [-0.2, 0) is 0 Å². The zero-order valence-electron chi connectivity index (χ0n) is 17.6. The largest absolute Gasteiger partial charge is 0.472 e. The highest BCUT2D eigenvalue weighted by Crippen LogP contribution is 2.32. The average Bonchev–Trinajstić information content (AvgIpc) is 3.44. The molecule has 0 spiro atoms. The fraction of sp³-hybridized carbons (Fsp3) is 0.250. The summed E-state index contributed by atoms with van der Waals surface area (Å²) in [6.07, 6.45) is 5.56. The lowest BCUT2D eigenvalue weighted by molar-refractivity contribution is -0.384. The summed E-state index contributed by atoms with van der Waals surface area (Å²) in [5.74, 6) is 0.739. The molecular weight excluding hydrogens is 408 g/mol. The number of fused-ring (bicyclic) bond motifs is 2. The summed E-state index contributed by atoms with van der Waals surface area (Å²) in [7, 11) is 0. The van der Waals surface area contributed by atoms with Gasteiger partial charge in [-0.25, -0.2) is 0 Å². The molecule has 164 valence electrons. The maximum absolute atomic E-state index is 11.0. The van der Waals surface area contributed by atoms with Crippen molar-refractivity contribution in [3.63, 3.8) is 0 Å². The molecule has 5 rings (SSSR count). The highest BCUT2D eigenvalue weighted by molar-refractivity contribution is 5.94. The lowest BCUT2D eigenvalue weighted by Crippen LogP contribution is -2.48. The average molecular weight is 432 g/mol. The van der Waals surface area contributed by atoms with Gasteiger partial charge in [0.15, 0.2) is 6.23 Å². The second-order valence-corrected chi connectivity index (χ2v) is 8.11. The Bertz CT molecular complexity index is 1320. The number of ether oxygens (including phenoxy) is 1. The van der Waals surface area contributed by atoms with Gasteiger partial charge in [-0.05, 0) is 43.2 Å². The Hall–Kier alpha value is -3.62. The van der Waals surface area contributed by atoms with Crippen LogP contribution in [0.2, 0.25) is 0 Å². The van der Waals surface area contributed by atoms with E-state index in [9.17, 15) is 15.2 Å². The van der Waals surface area contributed by atoms with Crippen molar-refractivity contribution in [2.75, 3.05) is 13.1 Å². The van der Waals surface area contributed by atoms with Gasteiger partial charge in [-0.2, -0.15) is 0 Å². The molecule has 3 heterocycles. The molecule has 2 unspecified atom stereocenters. The van der Waals surface area contributed by atoms with Crippen LogP contribution in [0.3, 0.4) is 0 Å². The van der Waals surface area contributed by atoms with Crippen molar-refractivity contribution in [2.24, 2.45) is 0 Å². The van der Waals surface area contributed by atoms with E-state index in [-0.39, 0.29) is 10.6 Å². The number of H-pyrrole nitrogens is 2. The van der Waals surface area contributed by atoms with E-state index < -0.39 is 12.3 Å². The first-order chi connectivity index (χ1) is 15.5. The summed E-state index contributed by atoms with van der Waals surface area (Å²) in [6.45, 7) is 3.10. The zero-order valence-corrected chi connectivity index (χ0v) is 17.6. The predicted octanol–water partition coefficient (Wildman–Crippen LogP) is 4.43. The number of rotatable bonds is 6. The molecule has 8 heteroatoms. The van der Waals surface area contributed by atoms with Crippen molar-refractivity contribution in [1.29, 1.82) is 0 Å². The number of nitro groups is 1. The molecule has 0 saturated carbocycles. The Labute approximate surface area is 184 Å². The van der Waals surface area contributed by atoms with E-state index >= 15 is 0 Å². The predicted molar refractivity (Wildman–Crippen MR) is 124 cm³/mol. The fourth-order valence-corrected chi connectivity index (χ4v) is 4.42. The van der Waals surface area contributed by atoms with Crippen molar-refractivity contribution >= 4 is 33.1 Å². The summed E-state index contributed by atoms with van der Waals surface area (Å²) < 4.78 is 6.28. The molecule has 32 heavy (non-hydrogen) atoms. The van der Waals surface area contributed by atoms with E-state index in [0.29, 0.717) is 6.54 Å². The van der Waals surface area contributed by atoms with Gasteiger partial charge in [-0.1, -0.05) is 12.1 Å². The highest BCUT2D eigenvalue weighted by Gasteiger charge is 2.28. The van der Waals surface area contributed by atoms with Gasteiger partial charge in [0.25, 0.3) is 5.69 Å². The molecule has 4 aromatic rings. The Morgan fingerprint density at radius 3 is 2.78 bits per heavy atom. The van der Waals surface area contributed by atoms with Crippen LogP contribution in [-0.4, -0.2) is 50.3 Å². The zero-order chi connectivity index (χ0) is 22.2. The minimum absolute atomic E-state index is 0.0732. The van der Waals surface area contributed by atoms with Crippen molar-refractivity contribution in [3.8, 4) is 5.75 Å². The second-order valence-electron chi connectivity index (χ2n) is 8.11. The van der Waals surface area contributed by atoms with E-state index in [2.05, 4.69) is 20.9 Å². The highest BCUT2D eigenvalue weighted by atomic mass is 16.6. The number of aromatic amines is 2. The van der Waals surface area contributed by atoms with E-state index in [1.807, 2.05) is 36.7 Å². The number of hydrogen-bond acceptors (Lipinski definition) is 5. The lowest BCUT2D eigenvalue weighted by atomic mass is 9.98. The molecule has 2 aromatic carbocycles. The first-order valence-electron chi connectivity index (χ1n) is 10.6. The van der Waals surface area contributed by atoms with Gasteiger partial charge in [0.05, 0.1) is 10.4 Å². The van der Waals surface area contributed by atoms with Gasteiger partial charge in [-0.3, -0.25) is 15.0 Å². The van der Waals surface area contributed by atoms with Gasteiger partial charge in [0.1, 0.15) is 11.9 Å². The molecule has 8 nitrogen and oxygen atoms in total. The third-order valence-corrected chi connectivity index (χ3v) is 6.04. The number of nitrogens with zero attached hydrogens (tertiary/aromatic N) is 2. The molecular formula is C24H24N4O4. The number of benzene rings is 2. The van der Waals surface area contributed by atoms with Gasteiger partial charge >= 0.3 is 0 Å². The minimum Gasteiger partial charge on any atom is -0.472 e. The smallest absolute Gasteiger partial charge is 0.271 e. The summed E-state index contributed by atoms with van der Waals surface area (Å²) in [5.41, 5.74) is 4.05. The number of non-ortho nitro benzene ring substituents is 1. The van der Waals surface area contributed by atoms with Crippen LogP contribution in [0.4, 0.5) is 5.69 Å². The number of aromatic nitrogens is 2. The van der Waals surface area contributed by atoms with E-state index in [1.54, 1.807) is 19.1 Å². The van der Waals surface area contributed by atoms with E-state index in [1.165, 1.54) is 11.6 Å². The van der Waals surface area contributed by atoms with Gasteiger partial charge < -0.3 is 19.8 Å². The molecule has 0 fully saturated rings. The van der Waals surface area contributed by atoms with Gasteiger partial charge in [0.2, 0.25) is 0 Å². The first-order valence-corrected chi connectivity index (χ1v) is 10.6. The summed E-state index contributed by atoms with van der Waals surface area (Å²) >= 11 is 0. The molecule has 0 amide bonds. The standard InChI is InChI=1S/C24H24N4O4/c1-15(29)24(32-23-4-2-3-21-19(23)7-10-25-21)27-11-8-16(9-12-27)20-14-26-22-13-17(28(30)31)5-6-18(20)22/h2-8,10,13-15,24-26,29H,9,11-12H2,1H3. The third kappa shape index (κ3) is 3.63. The second kappa shape index (κ2) is 8.14. The Kier molecular flexibility index (Phi) is 5.16.